The highest BCUT2D eigenvalue weighted by Crippen LogP contribution is 2.40. The number of amides is 1. The molecule has 3 aromatic rings. The molecule has 3 rings (SSSR count). The van der Waals surface area contributed by atoms with Crippen molar-refractivity contribution < 1.29 is 23.9 Å². The molecule has 0 atom stereocenters. The van der Waals surface area contributed by atoms with Crippen LogP contribution in [0.5, 0.6) is 0 Å². The zero-order chi connectivity index (χ0) is 21.5. The maximum atomic E-state index is 12.5. The second-order valence-electron chi connectivity index (χ2n) is 6.19. The summed E-state index contributed by atoms with van der Waals surface area (Å²) in [7, 11) is 0. The molecule has 0 aliphatic heterocycles. The number of rotatable bonds is 7. The van der Waals surface area contributed by atoms with E-state index < -0.39 is 24.5 Å². The lowest BCUT2D eigenvalue weighted by atomic mass is 10.1. The number of carbonyl (C=O) groups is 3. The number of carbonyl (C=O) groups excluding carboxylic acids is 3. The Balaban J connectivity index is 1.79. The van der Waals surface area contributed by atoms with Gasteiger partial charge in [-0.05, 0) is 37.1 Å². The number of esters is 2. The van der Waals surface area contributed by atoms with E-state index in [1.165, 1.54) is 23.6 Å². The largest absolute Gasteiger partial charge is 0.462 e. The number of ether oxygens (including phenoxy) is 2. The first-order valence-corrected chi connectivity index (χ1v) is 10.1. The van der Waals surface area contributed by atoms with Crippen LogP contribution in [0.3, 0.4) is 0 Å². The molecule has 1 amide bonds. The van der Waals surface area contributed by atoms with E-state index in [9.17, 15) is 14.4 Å². The molecule has 0 fully saturated rings. The number of anilines is 1. The van der Waals surface area contributed by atoms with Crippen molar-refractivity contribution in [3.63, 3.8) is 0 Å². The molecule has 30 heavy (non-hydrogen) atoms. The van der Waals surface area contributed by atoms with E-state index in [1.807, 2.05) is 37.3 Å². The number of pyridine rings is 1. The van der Waals surface area contributed by atoms with Crippen molar-refractivity contribution in [3.05, 3.63) is 71.5 Å². The van der Waals surface area contributed by atoms with Gasteiger partial charge in [0.15, 0.2) is 6.61 Å². The van der Waals surface area contributed by atoms with Crippen molar-refractivity contribution in [3.8, 4) is 10.4 Å². The molecule has 0 saturated heterocycles. The molecule has 0 aliphatic rings. The zero-order valence-electron chi connectivity index (χ0n) is 16.5. The Hall–Kier alpha value is -3.52. The van der Waals surface area contributed by atoms with Crippen molar-refractivity contribution in [1.82, 2.24) is 4.98 Å². The number of aromatic nitrogens is 1. The van der Waals surface area contributed by atoms with Gasteiger partial charge in [0.2, 0.25) is 0 Å². The van der Waals surface area contributed by atoms with Crippen LogP contribution >= 0.6 is 11.3 Å². The molecule has 154 valence electrons. The van der Waals surface area contributed by atoms with Crippen LogP contribution in [-0.2, 0) is 14.3 Å². The van der Waals surface area contributed by atoms with Crippen molar-refractivity contribution >= 4 is 34.2 Å². The average Bonchev–Trinajstić information content (AvgIpc) is 3.09. The Morgan fingerprint density at radius 3 is 2.40 bits per heavy atom. The zero-order valence-corrected chi connectivity index (χ0v) is 17.3. The van der Waals surface area contributed by atoms with Gasteiger partial charge in [-0.2, -0.15) is 0 Å². The van der Waals surface area contributed by atoms with Crippen molar-refractivity contribution in [2.24, 2.45) is 0 Å². The van der Waals surface area contributed by atoms with E-state index >= 15 is 0 Å². The van der Waals surface area contributed by atoms with E-state index in [0.717, 1.165) is 10.4 Å². The first-order chi connectivity index (χ1) is 14.5. The van der Waals surface area contributed by atoms with Crippen LogP contribution in [0.15, 0.2) is 54.7 Å². The molecular weight excluding hydrogens is 404 g/mol. The van der Waals surface area contributed by atoms with Gasteiger partial charge in [0, 0.05) is 11.1 Å². The van der Waals surface area contributed by atoms with E-state index in [4.69, 9.17) is 9.47 Å². The fourth-order valence-corrected chi connectivity index (χ4v) is 3.98. The van der Waals surface area contributed by atoms with Gasteiger partial charge in [-0.15, -0.1) is 11.3 Å². The van der Waals surface area contributed by atoms with Gasteiger partial charge in [0.05, 0.1) is 12.2 Å². The van der Waals surface area contributed by atoms with Gasteiger partial charge >= 0.3 is 11.9 Å². The van der Waals surface area contributed by atoms with Crippen LogP contribution in [0.1, 0.15) is 33.3 Å². The molecule has 1 aromatic carbocycles. The fraction of sp³-hybridized carbons (Fsp3) is 0.182. The molecule has 0 saturated carbocycles. The summed E-state index contributed by atoms with van der Waals surface area (Å²) in [5.74, 6) is -1.79. The molecule has 0 unspecified atom stereocenters. The third kappa shape index (κ3) is 4.90. The smallest absolute Gasteiger partial charge is 0.357 e. The van der Waals surface area contributed by atoms with Crippen molar-refractivity contribution in [2.75, 3.05) is 18.5 Å². The summed E-state index contributed by atoms with van der Waals surface area (Å²) < 4.78 is 10.2. The molecular formula is C22H20N2O5S. The van der Waals surface area contributed by atoms with Crippen LogP contribution in [0, 0.1) is 6.92 Å². The molecule has 2 heterocycles. The van der Waals surface area contributed by atoms with Crippen LogP contribution in [0.4, 0.5) is 5.00 Å². The Kier molecular flexibility index (Phi) is 6.92. The topological polar surface area (TPSA) is 94.6 Å². The highest BCUT2D eigenvalue weighted by molar-refractivity contribution is 7.20. The second kappa shape index (κ2) is 9.80. The van der Waals surface area contributed by atoms with Crippen molar-refractivity contribution in [1.29, 1.82) is 0 Å². The molecule has 0 radical (unpaired) electrons. The Labute approximate surface area is 177 Å². The van der Waals surface area contributed by atoms with Crippen molar-refractivity contribution in [2.45, 2.75) is 13.8 Å². The maximum Gasteiger partial charge on any atom is 0.357 e. The van der Waals surface area contributed by atoms with Crippen LogP contribution in [-0.4, -0.2) is 36.0 Å². The molecule has 0 spiro atoms. The number of hydrogen-bond donors (Lipinski definition) is 1. The lowest BCUT2D eigenvalue weighted by Crippen LogP contribution is -2.22. The third-order valence-corrected chi connectivity index (χ3v) is 5.38. The van der Waals surface area contributed by atoms with E-state index in [1.54, 1.807) is 19.1 Å². The van der Waals surface area contributed by atoms with Crippen LogP contribution in [0.25, 0.3) is 10.4 Å². The summed E-state index contributed by atoms with van der Waals surface area (Å²) in [5.41, 5.74) is 2.04. The van der Waals surface area contributed by atoms with Gasteiger partial charge < -0.3 is 14.8 Å². The summed E-state index contributed by atoms with van der Waals surface area (Å²) in [6, 6.07) is 14.4. The monoisotopic (exact) mass is 424 g/mol. The lowest BCUT2D eigenvalue weighted by Gasteiger charge is -2.07. The van der Waals surface area contributed by atoms with E-state index in [-0.39, 0.29) is 12.3 Å². The Morgan fingerprint density at radius 1 is 1.00 bits per heavy atom. The average molecular weight is 424 g/mol. The van der Waals surface area contributed by atoms with Crippen LogP contribution in [0.2, 0.25) is 0 Å². The molecule has 8 heteroatoms. The number of nitrogens with one attached hydrogen (secondary N) is 1. The summed E-state index contributed by atoms with van der Waals surface area (Å²) in [6.45, 7) is 3.23. The Morgan fingerprint density at radius 2 is 1.73 bits per heavy atom. The third-order valence-electron chi connectivity index (χ3n) is 4.12. The lowest BCUT2D eigenvalue weighted by molar-refractivity contribution is -0.119. The Bertz CT molecular complexity index is 1050. The van der Waals surface area contributed by atoms with Gasteiger partial charge in [0.1, 0.15) is 10.7 Å². The van der Waals surface area contributed by atoms with E-state index in [0.29, 0.717) is 16.1 Å². The van der Waals surface area contributed by atoms with Gasteiger partial charge in [-0.1, -0.05) is 36.4 Å². The number of thiophene rings is 1. The molecule has 2 aromatic heterocycles. The normalized spacial score (nSPS) is 10.3. The molecule has 7 nitrogen and oxygen atoms in total. The summed E-state index contributed by atoms with van der Waals surface area (Å²) in [5, 5.41) is 3.02. The number of nitrogens with zero attached hydrogens (tertiary/aromatic N) is 1. The highest BCUT2D eigenvalue weighted by atomic mass is 32.1. The standard InChI is InChI=1S/C22H20N2O5S/c1-3-28-22(27)18-14(2)19(15-9-5-4-6-10-15)30-20(18)24-17(25)13-29-21(26)16-11-7-8-12-23-16/h4-12H,3,13H2,1-2H3,(H,24,25). The maximum absolute atomic E-state index is 12.5. The van der Waals surface area contributed by atoms with Gasteiger partial charge in [-0.25, -0.2) is 14.6 Å². The van der Waals surface area contributed by atoms with Crippen LogP contribution < -0.4 is 5.32 Å². The molecule has 0 bridgehead atoms. The number of hydrogen-bond acceptors (Lipinski definition) is 7. The SMILES string of the molecule is CCOC(=O)c1c(NC(=O)COC(=O)c2ccccn2)sc(-c2ccccc2)c1C. The van der Waals surface area contributed by atoms with E-state index in [2.05, 4.69) is 10.3 Å². The molecule has 1 N–H and O–H groups in total. The summed E-state index contributed by atoms with van der Waals surface area (Å²) in [6.07, 6.45) is 1.46. The first kappa shape index (κ1) is 21.2. The quantitative estimate of drug-likeness (QED) is 0.574. The predicted octanol–water partition coefficient (Wildman–Crippen LogP) is 4.09. The number of benzene rings is 1. The minimum Gasteiger partial charge on any atom is -0.462 e. The fourth-order valence-electron chi connectivity index (χ4n) is 2.77. The second-order valence-corrected chi connectivity index (χ2v) is 7.21. The van der Waals surface area contributed by atoms with Gasteiger partial charge in [-0.3, -0.25) is 4.79 Å². The van der Waals surface area contributed by atoms with Gasteiger partial charge in [0.25, 0.3) is 5.91 Å². The highest BCUT2D eigenvalue weighted by Gasteiger charge is 2.24. The summed E-state index contributed by atoms with van der Waals surface area (Å²) >= 11 is 1.27. The first-order valence-electron chi connectivity index (χ1n) is 9.25. The summed E-state index contributed by atoms with van der Waals surface area (Å²) in [4.78, 5) is 41.6. The minimum atomic E-state index is -0.705. The predicted molar refractivity (Wildman–Crippen MR) is 114 cm³/mol. The minimum absolute atomic E-state index is 0.107. The molecule has 0 aliphatic carbocycles.